The first-order valence-electron chi connectivity index (χ1n) is 14.0. The molecule has 0 radical (unpaired) electrons. The fraction of sp³-hybridized carbons (Fsp3) is 0.344. The van der Waals surface area contributed by atoms with E-state index in [4.69, 9.17) is 19.3 Å². The topological polar surface area (TPSA) is 83.9 Å². The summed E-state index contributed by atoms with van der Waals surface area (Å²) < 4.78 is 30.7. The van der Waals surface area contributed by atoms with Crippen molar-refractivity contribution in [1.29, 1.82) is 0 Å². The minimum atomic E-state index is -0.622. The third kappa shape index (κ3) is 6.78. The molecule has 0 N–H and O–H groups in total. The van der Waals surface area contributed by atoms with Crippen LogP contribution in [0.1, 0.15) is 33.9 Å². The summed E-state index contributed by atoms with van der Waals surface area (Å²) in [6, 6.07) is 20.5. The van der Waals surface area contributed by atoms with Crippen LogP contribution in [0.25, 0.3) is 0 Å². The number of carbonyl (C=O) groups is 2. The number of hydrogen-bond donors (Lipinski definition) is 0. The van der Waals surface area contributed by atoms with E-state index in [1.54, 1.807) is 20.3 Å². The molecule has 1 fully saturated rings. The highest BCUT2D eigenvalue weighted by atomic mass is 19.1. The molecule has 2 amide bonds. The summed E-state index contributed by atoms with van der Waals surface area (Å²) in [5.41, 5.74) is 2.43. The highest BCUT2D eigenvalue weighted by Crippen LogP contribution is 2.34. The SMILES string of the molecule is COc1ccc(C2=NN(C(=O)CN(CCN3CCOCC3)C(=O)c3ccccc3F)C(c3ccc(OC)cc3)C2)cc1. The lowest BCUT2D eigenvalue weighted by Crippen LogP contribution is -2.46. The lowest BCUT2D eigenvalue weighted by atomic mass is 9.98. The maximum absolute atomic E-state index is 14.7. The van der Waals surface area contributed by atoms with Crippen LogP contribution in [0.15, 0.2) is 77.9 Å². The number of methoxy groups -OCH3 is 2. The van der Waals surface area contributed by atoms with Gasteiger partial charge in [-0.1, -0.05) is 24.3 Å². The maximum Gasteiger partial charge on any atom is 0.262 e. The number of hydrazone groups is 1. The van der Waals surface area contributed by atoms with E-state index >= 15 is 0 Å². The predicted molar refractivity (Wildman–Crippen MR) is 156 cm³/mol. The Kier molecular flexibility index (Phi) is 9.45. The van der Waals surface area contributed by atoms with E-state index in [0.717, 1.165) is 35.7 Å². The van der Waals surface area contributed by atoms with Crippen LogP contribution in [0.2, 0.25) is 0 Å². The number of morpholine rings is 1. The summed E-state index contributed by atoms with van der Waals surface area (Å²) in [5, 5.41) is 6.21. The molecule has 2 aliphatic rings. The molecule has 3 aromatic carbocycles. The molecule has 0 aromatic heterocycles. The van der Waals surface area contributed by atoms with Crippen molar-refractivity contribution in [3.05, 3.63) is 95.3 Å². The van der Waals surface area contributed by atoms with Gasteiger partial charge in [-0.2, -0.15) is 5.10 Å². The first-order valence-corrected chi connectivity index (χ1v) is 14.0. The number of benzene rings is 3. The number of carbonyl (C=O) groups excluding carboxylic acids is 2. The average molecular weight is 575 g/mol. The van der Waals surface area contributed by atoms with Crippen molar-refractivity contribution in [2.24, 2.45) is 5.10 Å². The van der Waals surface area contributed by atoms with Crippen LogP contribution in [0.5, 0.6) is 11.5 Å². The van der Waals surface area contributed by atoms with Crippen molar-refractivity contribution in [1.82, 2.24) is 14.8 Å². The van der Waals surface area contributed by atoms with Crippen LogP contribution < -0.4 is 9.47 Å². The fourth-order valence-corrected chi connectivity index (χ4v) is 5.16. The van der Waals surface area contributed by atoms with Crippen LogP contribution in [-0.2, 0) is 9.53 Å². The number of hydrogen-bond acceptors (Lipinski definition) is 7. The van der Waals surface area contributed by atoms with E-state index in [-0.39, 0.29) is 30.6 Å². The van der Waals surface area contributed by atoms with Crippen molar-refractivity contribution in [3.8, 4) is 11.5 Å². The summed E-state index contributed by atoms with van der Waals surface area (Å²) in [5.74, 6) is -0.0843. The van der Waals surface area contributed by atoms with Crippen molar-refractivity contribution in [3.63, 3.8) is 0 Å². The molecule has 2 aliphatic heterocycles. The lowest BCUT2D eigenvalue weighted by molar-refractivity contribution is -0.133. The van der Waals surface area contributed by atoms with Gasteiger partial charge < -0.3 is 19.1 Å². The summed E-state index contributed by atoms with van der Waals surface area (Å²) in [7, 11) is 3.21. The van der Waals surface area contributed by atoms with Gasteiger partial charge in [-0.3, -0.25) is 14.5 Å². The molecule has 9 nitrogen and oxygen atoms in total. The minimum absolute atomic E-state index is 0.0668. The zero-order valence-corrected chi connectivity index (χ0v) is 23.9. The van der Waals surface area contributed by atoms with Crippen molar-refractivity contribution in [2.45, 2.75) is 12.5 Å². The Morgan fingerprint density at radius 3 is 2.24 bits per heavy atom. The Morgan fingerprint density at radius 2 is 1.60 bits per heavy atom. The van der Waals surface area contributed by atoms with Gasteiger partial charge in [0.15, 0.2) is 0 Å². The Bertz CT molecular complexity index is 1410. The fourth-order valence-electron chi connectivity index (χ4n) is 5.16. The van der Waals surface area contributed by atoms with Crippen LogP contribution in [0.4, 0.5) is 4.39 Å². The smallest absolute Gasteiger partial charge is 0.262 e. The molecule has 2 heterocycles. The van der Waals surface area contributed by atoms with E-state index in [2.05, 4.69) is 4.90 Å². The molecular weight excluding hydrogens is 539 g/mol. The molecule has 220 valence electrons. The van der Waals surface area contributed by atoms with Gasteiger partial charge in [0, 0.05) is 32.6 Å². The first kappa shape index (κ1) is 29.2. The van der Waals surface area contributed by atoms with Crippen molar-refractivity contribution in [2.75, 3.05) is 60.2 Å². The lowest BCUT2D eigenvalue weighted by Gasteiger charge is -2.31. The number of nitrogens with zero attached hydrogens (tertiary/aromatic N) is 4. The van der Waals surface area contributed by atoms with Crippen LogP contribution in [0, 0.1) is 5.82 Å². The van der Waals surface area contributed by atoms with Gasteiger partial charge in [-0.25, -0.2) is 9.40 Å². The molecule has 42 heavy (non-hydrogen) atoms. The summed E-state index contributed by atoms with van der Waals surface area (Å²) in [6.45, 7) is 3.24. The molecule has 0 saturated carbocycles. The average Bonchev–Trinajstić information content (AvgIpc) is 3.49. The van der Waals surface area contributed by atoms with Crippen molar-refractivity contribution >= 4 is 17.5 Å². The second-order valence-corrected chi connectivity index (χ2v) is 10.2. The number of amides is 2. The normalized spacial score (nSPS) is 17.1. The van der Waals surface area contributed by atoms with Crippen LogP contribution in [0.3, 0.4) is 0 Å². The first-order chi connectivity index (χ1) is 20.5. The molecule has 1 unspecified atom stereocenters. The third-order valence-electron chi connectivity index (χ3n) is 7.60. The van der Waals surface area contributed by atoms with Gasteiger partial charge in [0.1, 0.15) is 23.9 Å². The highest BCUT2D eigenvalue weighted by Gasteiger charge is 2.35. The zero-order valence-electron chi connectivity index (χ0n) is 23.9. The Balaban J connectivity index is 1.42. The van der Waals surface area contributed by atoms with Gasteiger partial charge in [0.2, 0.25) is 0 Å². The minimum Gasteiger partial charge on any atom is -0.497 e. The second-order valence-electron chi connectivity index (χ2n) is 10.2. The van der Waals surface area contributed by atoms with Gasteiger partial charge in [-0.05, 0) is 59.7 Å². The van der Waals surface area contributed by atoms with E-state index in [1.807, 2.05) is 48.5 Å². The summed E-state index contributed by atoms with van der Waals surface area (Å²) in [6.07, 6.45) is 0.486. The maximum atomic E-state index is 14.7. The van der Waals surface area contributed by atoms with E-state index in [9.17, 15) is 14.0 Å². The standard InChI is InChI=1S/C32H35FN4O5/c1-40-25-11-7-23(8-12-25)29-21-30(24-9-13-26(41-2)14-10-24)37(34-29)31(38)22-36(16-15-35-17-19-42-20-18-35)32(39)27-5-3-4-6-28(27)33/h3-14,30H,15-22H2,1-2H3. The second kappa shape index (κ2) is 13.6. The Morgan fingerprint density at radius 1 is 0.952 bits per heavy atom. The summed E-state index contributed by atoms with van der Waals surface area (Å²) in [4.78, 5) is 31.1. The van der Waals surface area contributed by atoms with Gasteiger partial charge in [0.05, 0.1) is 44.8 Å². The van der Waals surface area contributed by atoms with Crippen LogP contribution in [-0.4, -0.2) is 92.5 Å². The molecule has 5 rings (SSSR count). The van der Waals surface area contributed by atoms with E-state index < -0.39 is 11.7 Å². The quantitative estimate of drug-likeness (QED) is 0.364. The predicted octanol–water partition coefficient (Wildman–Crippen LogP) is 4.00. The molecule has 1 saturated heterocycles. The van der Waals surface area contributed by atoms with Gasteiger partial charge in [-0.15, -0.1) is 0 Å². The molecule has 0 spiro atoms. The number of rotatable bonds is 10. The van der Waals surface area contributed by atoms with Crippen LogP contribution >= 0.6 is 0 Å². The molecule has 0 aliphatic carbocycles. The molecule has 3 aromatic rings. The monoisotopic (exact) mass is 574 g/mol. The molecule has 10 heteroatoms. The summed E-state index contributed by atoms with van der Waals surface area (Å²) >= 11 is 0. The highest BCUT2D eigenvalue weighted by molar-refractivity contribution is 6.04. The molecule has 0 bridgehead atoms. The van der Waals surface area contributed by atoms with Gasteiger partial charge in [0.25, 0.3) is 11.8 Å². The zero-order chi connectivity index (χ0) is 29.5. The Labute approximate surface area is 245 Å². The Hall–Kier alpha value is -4.28. The number of halogens is 1. The van der Waals surface area contributed by atoms with E-state index in [0.29, 0.717) is 31.9 Å². The van der Waals surface area contributed by atoms with E-state index in [1.165, 1.54) is 28.1 Å². The number of ether oxygens (including phenoxy) is 3. The largest absolute Gasteiger partial charge is 0.497 e. The molecular formula is C32H35FN4O5. The van der Waals surface area contributed by atoms with Gasteiger partial charge >= 0.3 is 0 Å². The third-order valence-corrected chi connectivity index (χ3v) is 7.60. The van der Waals surface area contributed by atoms with Crippen molar-refractivity contribution < 1.29 is 28.2 Å². The molecule has 1 atom stereocenters.